The largest absolute Gasteiger partial charge is 0.486 e. The van der Waals surface area contributed by atoms with E-state index < -0.39 is 0 Å². The summed E-state index contributed by atoms with van der Waals surface area (Å²) in [6.07, 6.45) is 4.97. The first-order valence-electron chi connectivity index (χ1n) is 11.9. The third-order valence-electron chi connectivity index (χ3n) is 6.26. The van der Waals surface area contributed by atoms with Crippen LogP contribution in [0.15, 0.2) is 54.7 Å². The van der Waals surface area contributed by atoms with Gasteiger partial charge in [0.05, 0.1) is 5.69 Å². The number of pyridine rings is 2. The molecule has 174 valence electrons. The molecule has 34 heavy (non-hydrogen) atoms. The minimum absolute atomic E-state index is 0.560. The van der Waals surface area contributed by atoms with E-state index in [2.05, 4.69) is 9.88 Å². The van der Waals surface area contributed by atoms with Gasteiger partial charge in [0.25, 0.3) is 0 Å². The molecule has 6 rings (SSSR count). The molecular weight excluding hydrogens is 430 g/mol. The second kappa shape index (κ2) is 9.30. The molecule has 0 spiro atoms. The average Bonchev–Trinajstić information content (AvgIpc) is 3.53. The van der Waals surface area contributed by atoms with Crippen LogP contribution in [-0.4, -0.2) is 63.9 Å². The highest BCUT2D eigenvalue weighted by atomic mass is 16.6. The first-order chi connectivity index (χ1) is 16.8. The number of aromatic nitrogens is 4. The second-order valence-corrected chi connectivity index (χ2v) is 8.64. The van der Waals surface area contributed by atoms with Crippen molar-refractivity contribution in [3.63, 3.8) is 0 Å². The summed E-state index contributed by atoms with van der Waals surface area (Å²) in [7, 11) is 0. The maximum Gasteiger partial charge on any atom is 0.213 e. The lowest BCUT2D eigenvalue weighted by atomic mass is 10.1. The lowest BCUT2D eigenvalue weighted by Crippen LogP contribution is -2.25. The summed E-state index contributed by atoms with van der Waals surface area (Å²) < 4.78 is 19.2. The van der Waals surface area contributed by atoms with E-state index in [4.69, 9.17) is 24.3 Å². The Morgan fingerprint density at radius 1 is 0.941 bits per heavy atom. The average molecular weight is 458 g/mol. The van der Waals surface area contributed by atoms with E-state index in [0.717, 1.165) is 46.3 Å². The molecular formula is C26H27N5O3. The molecule has 0 radical (unpaired) electrons. The number of hydrogen-bond acceptors (Lipinski definition) is 7. The molecule has 1 fully saturated rings. The van der Waals surface area contributed by atoms with Crippen molar-refractivity contribution >= 4 is 5.65 Å². The van der Waals surface area contributed by atoms with Gasteiger partial charge in [0, 0.05) is 30.8 Å². The van der Waals surface area contributed by atoms with Crippen molar-refractivity contribution in [3.05, 3.63) is 66.1 Å². The zero-order chi connectivity index (χ0) is 22.7. The van der Waals surface area contributed by atoms with E-state index in [1.54, 1.807) is 6.20 Å². The zero-order valence-corrected chi connectivity index (χ0v) is 19.0. The van der Waals surface area contributed by atoms with Crippen LogP contribution in [0.1, 0.15) is 24.2 Å². The fourth-order valence-electron chi connectivity index (χ4n) is 4.55. The summed E-state index contributed by atoms with van der Waals surface area (Å²) in [6, 6.07) is 15.9. The number of benzene rings is 1. The van der Waals surface area contributed by atoms with Gasteiger partial charge in [-0.1, -0.05) is 6.07 Å². The van der Waals surface area contributed by atoms with Gasteiger partial charge in [0.2, 0.25) is 5.88 Å². The number of likely N-dealkylation sites (tertiary alicyclic amines) is 1. The van der Waals surface area contributed by atoms with Gasteiger partial charge in [0.1, 0.15) is 19.8 Å². The summed E-state index contributed by atoms with van der Waals surface area (Å²) in [5.41, 5.74) is 3.83. The fourth-order valence-corrected chi connectivity index (χ4v) is 4.55. The quantitative estimate of drug-likeness (QED) is 0.420. The van der Waals surface area contributed by atoms with E-state index in [-0.39, 0.29) is 0 Å². The number of fused-ring (bicyclic) bond motifs is 2. The van der Waals surface area contributed by atoms with E-state index in [9.17, 15) is 0 Å². The normalized spacial score (nSPS) is 15.6. The van der Waals surface area contributed by atoms with Crippen LogP contribution in [0.25, 0.3) is 16.9 Å². The predicted octanol–water partition coefficient (Wildman–Crippen LogP) is 3.63. The van der Waals surface area contributed by atoms with E-state index in [1.165, 1.54) is 25.9 Å². The summed E-state index contributed by atoms with van der Waals surface area (Å²) in [6.45, 7) is 5.08. The Morgan fingerprint density at radius 3 is 2.74 bits per heavy atom. The maximum absolute atomic E-state index is 5.91. The number of rotatable bonds is 7. The van der Waals surface area contributed by atoms with Gasteiger partial charge in [0.15, 0.2) is 23.0 Å². The van der Waals surface area contributed by atoms with E-state index >= 15 is 0 Å². The molecule has 2 aliphatic heterocycles. The first kappa shape index (κ1) is 20.9. The van der Waals surface area contributed by atoms with Crippen LogP contribution >= 0.6 is 0 Å². The molecule has 0 atom stereocenters. The number of ether oxygens (including phenoxy) is 3. The number of nitrogens with zero attached hydrogens (tertiary/aromatic N) is 5. The molecule has 8 nitrogen and oxygen atoms in total. The summed E-state index contributed by atoms with van der Waals surface area (Å²) in [5.74, 6) is 2.93. The van der Waals surface area contributed by atoms with Crippen LogP contribution in [0.5, 0.6) is 17.4 Å². The monoisotopic (exact) mass is 457 g/mol. The predicted molar refractivity (Wildman–Crippen MR) is 128 cm³/mol. The molecule has 2 aliphatic rings. The van der Waals surface area contributed by atoms with E-state index in [0.29, 0.717) is 32.1 Å². The molecule has 0 amide bonds. The third kappa shape index (κ3) is 4.41. The molecule has 3 aromatic heterocycles. The molecule has 0 unspecified atom stereocenters. The molecule has 4 aromatic rings. The molecule has 1 aromatic carbocycles. The minimum atomic E-state index is 0.560. The topological polar surface area (TPSA) is 74.0 Å². The summed E-state index contributed by atoms with van der Waals surface area (Å²) in [5, 5.41) is 4.81. The lowest BCUT2D eigenvalue weighted by Gasteiger charge is -2.19. The highest BCUT2D eigenvalue weighted by Gasteiger charge is 2.15. The minimum Gasteiger partial charge on any atom is -0.486 e. The van der Waals surface area contributed by atoms with Crippen LogP contribution in [0, 0.1) is 0 Å². The molecule has 0 N–H and O–H groups in total. The smallest absolute Gasteiger partial charge is 0.213 e. The van der Waals surface area contributed by atoms with Gasteiger partial charge >= 0.3 is 0 Å². The van der Waals surface area contributed by atoms with Gasteiger partial charge < -0.3 is 14.2 Å². The van der Waals surface area contributed by atoms with Gasteiger partial charge in [-0.05, 0) is 67.9 Å². The molecule has 0 saturated carbocycles. The third-order valence-corrected chi connectivity index (χ3v) is 6.26. The Hall–Kier alpha value is -3.65. The van der Waals surface area contributed by atoms with Crippen molar-refractivity contribution in [1.82, 2.24) is 24.5 Å². The van der Waals surface area contributed by atoms with Gasteiger partial charge in [-0.3, -0.25) is 4.90 Å². The van der Waals surface area contributed by atoms with Crippen molar-refractivity contribution in [2.45, 2.75) is 19.3 Å². The molecule has 5 heterocycles. The Labute approximate surface area is 198 Å². The Kier molecular flexibility index (Phi) is 5.73. The maximum atomic E-state index is 5.91. The van der Waals surface area contributed by atoms with Crippen molar-refractivity contribution in [2.75, 3.05) is 39.5 Å². The van der Waals surface area contributed by atoms with Crippen LogP contribution in [0.3, 0.4) is 0 Å². The lowest BCUT2D eigenvalue weighted by molar-refractivity contribution is 0.171. The second-order valence-electron chi connectivity index (χ2n) is 8.64. The first-order valence-corrected chi connectivity index (χ1v) is 11.9. The molecule has 0 bridgehead atoms. The van der Waals surface area contributed by atoms with Crippen LogP contribution in [0.4, 0.5) is 0 Å². The Bertz CT molecular complexity index is 1300. The van der Waals surface area contributed by atoms with Crippen molar-refractivity contribution < 1.29 is 14.2 Å². The van der Waals surface area contributed by atoms with Crippen molar-refractivity contribution in [3.8, 4) is 28.6 Å². The van der Waals surface area contributed by atoms with Crippen molar-refractivity contribution in [2.24, 2.45) is 0 Å². The van der Waals surface area contributed by atoms with Crippen LogP contribution < -0.4 is 14.2 Å². The van der Waals surface area contributed by atoms with Gasteiger partial charge in [-0.2, -0.15) is 5.10 Å². The summed E-state index contributed by atoms with van der Waals surface area (Å²) in [4.78, 5) is 11.6. The van der Waals surface area contributed by atoms with Crippen LogP contribution in [0.2, 0.25) is 0 Å². The van der Waals surface area contributed by atoms with Gasteiger partial charge in [-0.25, -0.2) is 14.5 Å². The standard InChI is InChI=1S/C26H27N5O3/c1-2-11-30(10-1)12-13-34-26-17-19(8-9-27-26)16-24-28-25-5-3-4-21(31(25)29-24)20-6-7-22-23(18-20)33-15-14-32-22/h3-9,17-18H,1-2,10-16H2. The van der Waals surface area contributed by atoms with Crippen molar-refractivity contribution in [1.29, 1.82) is 0 Å². The Balaban J connectivity index is 1.20. The molecule has 1 saturated heterocycles. The van der Waals surface area contributed by atoms with E-state index in [1.807, 2.05) is 53.0 Å². The van der Waals surface area contributed by atoms with Crippen LogP contribution in [-0.2, 0) is 6.42 Å². The van der Waals surface area contributed by atoms with Gasteiger partial charge in [-0.15, -0.1) is 0 Å². The highest BCUT2D eigenvalue weighted by molar-refractivity contribution is 5.66. The summed E-state index contributed by atoms with van der Waals surface area (Å²) >= 11 is 0. The zero-order valence-electron chi connectivity index (χ0n) is 19.0. The SMILES string of the molecule is c1cc(-c2ccc3c(c2)OCCO3)n2nc(Cc3ccnc(OCCN4CCCC4)c3)nc2c1. The molecule has 0 aliphatic carbocycles. The fraction of sp³-hybridized carbons (Fsp3) is 0.346. The number of hydrogen-bond donors (Lipinski definition) is 0. The Morgan fingerprint density at radius 2 is 1.82 bits per heavy atom. The highest BCUT2D eigenvalue weighted by Crippen LogP contribution is 2.34. The molecule has 8 heteroatoms.